The van der Waals surface area contributed by atoms with E-state index in [0.717, 1.165) is 12.1 Å². The van der Waals surface area contributed by atoms with Crippen molar-refractivity contribution in [3.05, 3.63) is 35.4 Å². The maximum atomic E-state index is 12.4. The van der Waals surface area contributed by atoms with Crippen molar-refractivity contribution in [1.29, 1.82) is 0 Å². The maximum absolute atomic E-state index is 12.4. The molecule has 0 saturated carbocycles. The molecule has 0 saturated heterocycles. The fourth-order valence-corrected chi connectivity index (χ4v) is 2.10. The van der Waals surface area contributed by atoms with Crippen LogP contribution in [0, 0.1) is 11.8 Å². The van der Waals surface area contributed by atoms with Gasteiger partial charge in [0.25, 0.3) is 0 Å². The Kier molecular flexibility index (Phi) is 5.54. The molecule has 0 bridgehead atoms. The van der Waals surface area contributed by atoms with Gasteiger partial charge in [-0.1, -0.05) is 52.0 Å². The zero-order chi connectivity index (χ0) is 13.7. The number of ketones is 1. The van der Waals surface area contributed by atoms with Crippen molar-refractivity contribution in [1.82, 2.24) is 5.32 Å². The van der Waals surface area contributed by atoms with E-state index < -0.39 is 0 Å². The Balaban J connectivity index is 2.88. The Labute approximate surface area is 111 Å². The first-order valence-electron chi connectivity index (χ1n) is 6.76. The molecule has 0 aliphatic carbocycles. The highest BCUT2D eigenvalue weighted by atomic mass is 16.1. The minimum absolute atomic E-state index is 0.0555. The van der Waals surface area contributed by atoms with E-state index in [9.17, 15) is 4.79 Å². The predicted octanol–water partition coefficient (Wildman–Crippen LogP) is 3.48. The van der Waals surface area contributed by atoms with Crippen LogP contribution in [-0.4, -0.2) is 19.4 Å². The molecule has 0 aliphatic heterocycles. The summed E-state index contributed by atoms with van der Waals surface area (Å²) in [5, 5.41) is 3.11. The van der Waals surface area contributed by atoms with Gasteiger partial charge in [-0.3, -0.25) is 4.79 Å². The summed E-state index contributed by atoms with van der Waals surface area (Å²) < 4.78 is 0. The van der Waals surface area contributed by atoms with Crippen LogP contribution in [0.1, 0.15) is 49.5 Å². The largest absolute Gasteiger partial charge is 0.319 e. The van der Waals surface area contributed by atoms with Crippen molar-refractivity contribution in [2.24, 2.45) is 11.8 Å². The highest BCUT2D eigenvalue weighted by Crippen LogP contribution is 2.19. The molecule has 0 radical (unpaired) electrons. The van der Waals surface area contributed by atoms with E-state index in [2.05, 4.69) is 45.1 Å². The van der Waals surface area contributed by atoms with E-state index in [0.29, 0.717) is 11.8 Å². The van der Waals surface area contributed by atoms with Gasteiger partial charge < -0.3 is 5.32 Å². The molecule has 0 heterocycles. The SMILES string of the molecule is CNCC(C(=O)c1ccc(C(C)C)cc1)C(C)C. The highest BCUT2D eigenvalue weighted by molar-refractivity contribution is 5.98. The van der Waals surface area contributed by atoms with Gasteiger partial charge in [0.1, 0.15) is 0 Å². The van der Waals surface area contributed by atoms with Crippen molar-refractivity contribution >= 4 is 5.78 Å². The Morgan fingerprint density at radius 2 is 1.67 bits per heavy atom. The summed E-state index contributed by atoms with van der Waals surface area (Å²) in [7, 11) is 1.89. The summed E-state index contributed by atoms with van der Waals surface area (Å²) in [4.78, 5) is 12.4. The third-order valence-corrected chi connectivity index (χ3v) is 3.43. The topological polar surface area (TPSA) is 29.1 Å². The summed E-state index contributed by atoms with van der Waals surface area (Å²) in [6, 6.07) is 8.05. The molecule has 1 aromatic carbocycles. The molecular formula is C16H25NO. The summed E-state index contributed by atoms with van der Waals surface area (Å²) in [6.45, 7) is 9.26. The third-order valence-electron chi connectivity index (χ3n) is 3.43. The van der Waals surface area contributed by atoms with Crippen LogP contribution in [0.3, 0.4) is 0 Å². The van der Waals surface area contributed by atoms with E-state index in [-0.39, 0.29) is 11.7 Å². The van der Waals surface area contributed by atoms with Crippen LogP contribution in [-0.2, 0) is 0 Å². The van der Waals surface area contributed by atoms with Crippen LogP contribution in [0.5, 0.6) is 0 Å². The van der Waals surface area contributed by atoms with Gasteiger partial charge in [-0.05, 0) is 24.4 Å². The Morgan fingerprint density at radius 3 is 2.06 bits per heavy atom. The fourth-order valence-electron chi connectivity index (χ4n) is 2.10. The van der Waals surface area contributed by atoms with E-state index in [1.165, 1.54) is 5.56 Å². The minimum Gasteiger partial charge on any atom is -0.319 e. The second kappa shape index (κ2) is 6.69. The highest BCUT2D eigenvalue weighted by Gasteiger charge is 2.22. The lowest BCUT2D eigenvalue weighted by Gasteiger charge is -2.19. The van der Waals surface area contributed by atoms with Crippen molar-refractivity contribution in [3.8, 4) is 0 Å². The Morgan fingerprint density at radius 1 is 1.11 bits per heavy atom. The number of nitrogens with one attached hydrogen (secondary N) is 1. The monoisotopic (exact) mass is 247 g/mol. The quantitative estimate of drug-likeness (QED) is 0.780. The van der Waals surface area contributed by atoms with E-state index in [4.69, 9.17) is 0 Å². The zero-order valence-electron chi connectivity index (χ0n) is 12.2. The summed E-state index contributed by atoms with van der Waals surface area (Å²) in [5.74, 6) is 1.16. The number of rotatable bonds is 6. The van der Waals surface area contributed by atoms with Crippen LogP contribution in [0.2, 0.25) is 0 Å². The summed E-state index contributed by atoms with van der Waals surface area (Å²) in [5.41, 5.74) is 2.11. The zero-order valence-corrected chi connectivity index (χ0v) is 12.2. The molecule has 0 amide bonds. The van der Waals surface area contributed by atoms with Crippen LogP contribution in [0.4, 0.5) is 0 Å². The minimum atomic E-state index is 0.0555. The van der Waals surface area contributed by atoms with Gasteiger partial charge in [-0.15, -0.1) is 0 Å². The number of benzene rings is 1. The average molecular weight is 247 g/mol. The molecule has 1 aromatic rings. The van der Waals surface area contributed by atoms with Crippen LogP contribution in [0.25, 0.3) is 0 Å². The van der Waals surface area contributed by atoms with Gasteiger partial charge in [0.2, 0.25) is 0 Å². The number of carbonyl (C=O) groups excluding carboxylic acids is 1. The summed E-state index contributed by atoms with van der Waals surface area (Å²) >= 11 is 0. The van der Waals surface area contributed by atoms with Crippen LogP contribution < -0.4 is 5.32 Å². The van der Waals surface area contributed by atoms with Crippen molar-refractivity contribution in [2.45, 2.75) is 33.6 Å². The number of hydrogen-bond donors (Lipinski definition) is 1. The first-order chi connectivity index (χ1) is 8.47. The number of hydrogen-bond acceptors (Lipinski definition) is 2. The van der Waals surface area contributed by atoms with E-state index in [1.54, 1.807) is 0 Å². The molecular weight excluding hydrogens is 222 g/mol. The van der Waals surface area contributed by atoms with E-state index >= 15 is 0 Å². The average Bonchev–Trinajstić information content (AvgIpc) is 2.35. The maximum Gasteiger partial charge on any atom is 0.167 e. The molecule has 0 aliphatic rings. The molecule has 1 unspecified atom stereocenters. The Bertz CT molecular complexity index is 379. The molecule has 0 spiro atoms. The van der Waals surface area contributed by atoms with Gasteiger partial charge in [0.05, 0.1) is 0 Å². The molecule has 2 nitrogen and oxygen atoms in total. The van der Waals surface area contributed by atoms with Gasteiger partial charge >= 0.3 is 0 Å². The van der Waals surface area contributed by atoms with Gasteiger partial charge in [0.15, 0.2) is 5.78 Å². The van der Waals surface area contributed by atoms with Gasteiger partial charge in [-0.25, -0.2) is 0 Å². The molecule has 100 valence electrons. The second-order valence-corrected chi connectivity index (χ2v) is 5.55. The Hall–Kier alpha value is -1.15. The molecule has 2 heteroatoms. The second-order valence-electron chi connectivity index (χ2n) is 5.55. The predicted molar refractivity (Wildman–Crippen MR) is 77.1 cm³/mol. The lowest BCUT2D eigenvalue weighted by Crippen LogP contribution is -2.30. The first kappa shape index (κ1) is 14.9. The normalized spacial score (nSPS) is 13.1. The third kappa shape index (κ3) is 3.67. The molecule has 1 atom stereocenters. The van der Waals surface area contributed by atoms with Gasteiger partial charge in [0, 0.05) is 18.0 Å². The number of carbonyl (C=O) groups is 1. The van der Waals surface area contributed by atoms with Gasteiger partial charge in [-0.2, -0.15) is 0 Å². The van der Waals surface area contributed by atoms with Crippen LogP contribution in [0.15, 0.2) is 24.3 Å². The van der Waals surface area contributed by atoms with Crippen molar-refractivity contribution < 1.29 is 4.79 Å². The standard InChI is InChI=1S/C16H25NO/c1-11(2)13-6-8-14(9-7-13)16(18)15(10-17-5)12(3)4/h6-9,11-12,15,17H,10H2,1-5H3. The molecule has 1 N–H and O–H groups in total. The molecule has 18 heavy (non-hydrogen) atoms. The lowest BCUT2D eigenvalue weighted by atomic mass is 9.87. The van der Waals surface area contributed by atoms with E-state index in [1.807, 2.05) is 19.2 Å². The fraction of sp³-hybridized carbons (Fsp3) is 0.562. The lowest BCUT2D eigenvalue weighted by molar-refractivity contribution is 0.0886. The summed E-state index contributed by atoms with van der Waals surface area (Å²) in [6.07, 6.45) is 0. The van der Waals surface area contributed by atoms with Crippen LogP contribution >= 0.6 is 0 Å². The number of Topliss-reactive ketones (excluding diaryl/α,β-unsaturated/α-hetero) is 1. The molecule has 0 fully saturated rings. The van der Waals surface area contributed by atoms with Crippen molar-refractivity contribution in [3.63, 3.8) is 0 Å². The smallest absolute Gasteiger partial charge is 0.167 e. The molecule has 0 aromatic heterocycles. The van der Waals surface area contributed by atoms with Crippen molar-refractivity contribution in [2.75, 3.05) is 13.6 Å². The molecule has 1 rings (SSSR count). The first-order valence-corrected chi connectivity index (χ1v) is 6.76.